The monoisotopic (exact) mass is 219 g/mol. The molecule has 2 heterocycles. The lowest BCUT2D eigenvalue weighted by Gasteiger charge is -2.10. The van der Waals surface area contributed by atoms with Crippen molar-refractivity contribution in [3.05, 3.63) is 27.4 Å². The van der Waals surface area contributed by atoms with Crippen LogP contribution in [-0.2, 0) is 6.54 Å². The zero-order chi connectivity index (χ0) is 11.1. The molecule has 86 valence electrons. The van der Waals surface area contributed by atoms with E-state index in [1.54, 1.807) is 0 Å². The van der Waals surface area contributed by atoms with Crippen molar-refractivity contribution in [2.24, 2.45) is 0 Å². The maximum Gasteiger partial charge on any atom is 0.255 e. The quantitative estimate of drug-likeness (QED) is 0.754. The van der Waals surface area contributed by atoms with E-state index >= 15 is 0 Å². The summed E-state index contributed by atoms with van der Waals surface area (Å²) in [6.45, 7) is 2.75. The van der Waals surface area contributed by atoms with Gasteiger partial charge in [0.15, 0.2) is 0 Å². The molecule has 0 spiro atoms. The summed E-state index contributed by atoms with van der Waals surface area (Å²) in [7, 11) is 0. The SMILES string of the molecule is CC1NCc2nc(C3CCCC3)[nH]c(=O)c21. The Kier molecular flexibility index (Phi) is 2.32. The first-order valence-electron chi connectivity index (χ1n) is 6.12. The molecular weight excluding hydrogens is 202 g/mol. The van der Waals surface area contributed by atoms with Gasteiger partial charge >= 0.3 is 0 Å². The first kappa shape index (κ1) is 10.0. The number of hydrogen-bond donors (Lipinski definition) is 2. The number of nitrogens with one attached hydrogen (secondary N) is 2. The number of fused-ring (bicyclic) bond motifs is 1. The van der Waals surface area contributed by atoms with E-state index in [0.717, 1.165) is 23.6 Å². The van der Waals surface area contributed by atoms with E-state index in [9.17, 15) is 4.79 Å². The molecule has 0 aromatic carbocycles. The van der Waals surface area contributed by atoms with Gasteiger partial charge in [-0.05, 0) is 19.8 Å². The van der Waals surface area contributed by atoms with Gasteiger partial charge in [-0.2, -0.15) is 0 Å². The Morgan fingerprint density at radius 3 is 2.81 bits per heavy atom. The predicted molar refractivity (Wildman–Crippen MR) is 61.3 cm³/mol. The Hall–Kier alpha value is -1.16. The Labute approximate surface area is 94.5 Å². The molecular formula is C12H17N3O. The lowest BCUT2D eigenvalue weighted by molar-refractivity contribution is 0.629. The third-order valence-electron chi connectivity index (χ3n) is 3.80. The van der Waals surface area contributed by atoms with Crippen molar-refractivity contribution in [3.8, 4) is 0 Å². The van der Waals surface area contributed by atoms with Crippen LogP contribution in [0.4, 0.5) is 0 Å². The van der Waals surface area contributed by atoms with Gasteiger partial charge in [0.05, 0.1) is 11.3 Å². The number of aromatic amines is 1. The van der Waals surface area contributed by atoms with Crippen LogP contribution in [0.5, 0.6) is 0 Å². The van der Waals surface area contributed by atoms with Crippen LogP contribution >= 0.6 is 0 Å². The number of hydrogen-bond acceptors (Lipinski definition) is 3. The number of H-pyrrole nitrogens is 1. The molecule has 0 bridgehead atoms. The zero-order valence-corrected chi connectivity index (χ0v) is 9.55. The van der Waals surface area contributed by atoms with E-state index in [1.807, 2.05) is 6.92 Å². The highest BCUT2D eigenvalue weighted by Gasteiger charge is 2.26. The van der Waals surface area contributed by atoms with Crippen LogP contribution in [-0.4, -0.2) is 9.97 Å². The first-order valence-corrected chi connectivity index (χ1v) is 6.12. The number of aromatic nitrogens is 2. The van der Waals surface area contributed by atoms with Crippen molar-refractivity contribution in [2.45, 2.75) is 51.1 Å². The summed E-state index contributed by atoms with van der Waals surface area (Å²) in [5.74, 6) is 1.39. The summed E-state index contributed by atoms with van der Waals surface area (Å²) in [5.41, 5.74) is 1.85. The Bertz CT molecular complexity index is 460. The van der Waals surface area contributed by atoms with Gasteiger partial charge in [-0.3, -0.25) is 4.79 Å². The normalized spacial score (nSPS) is 24.9. The third kappa shape index (κ3) is 1.48. The molecule has 1 atom stereocenters. The fourth-order valence-corrected chi connectivity index (χ4v) is 2.87. The van der Waals surface area contributed by atoms with E-state index < -0.39 is 0 Å². The van der Waals surface area contributed by atoms with Gasteiger partial charge in [-0.15, -0.1) is 0 Å². The maximum absolute atomic E-state index is 12.0. The molecule has 1 aromatic rings. The number of rotatable bonds is 1. The lowest BCUT2D eigenvalue weighted by atomic mass is 10.1. The molecule has 1 aliphatic carbocycles. The van der Waals surface area contributed by atoms with E-state index in [1.165, 1.54) is 25.7 Å². The van der Waals surface area contributed by atoms with Gasteiger partial charge in [0, 0.05) is 18.5 Å². The van der Waals surface area contributed by atoms with E-state index in [0.29, 0.717) is 5.92 Å². The van der Waals surface area contributed by atoms with Crippen LogP contribution in [0.25, 0.3) is 0 Å². The molecule has 1 unspecified atom stereocenters. The zero-order valence-electron chi connectivity index (χ0n) is 9.55. The Morgan fingerprint density at radius 2 is 2.06 bits per heavy atom. The predicted octanol–water partition coefficient (Wildman–Crippen LogP) is 1.59. The smallest absolute Gasteiger partial charge is 0.255 e. The van der Waals surface area contributed by atoms with E-state index in [-0.39, 0.29) is 11.6 Å². The van der Waals surface area contributed by atoms with Crippen molar-refractivity contribution >= 4 is 0 Å². The molecule has 3 rings (SSSR count). The van der Waals surface area contributed by atoms with Crippen LogP contribution in [0.1, 0.15) is 61.6 Å². The molecule has 2 N–H and O–H groups in total. The minimum Gasteiger partial charge on any atom is -0.310 e. The Balaban J connectivity index is 2.04. The molecule has 1 aliphatic heterocycles. The van der Waals surface area contributed by atoms with Crippen molar-refractivity contribution in [2.75, 3.05) is 0 Å². The van der Waals surface area contributed by atoms with Crippen molar-refractivity contribution in [3.63, 3.8) is 0 Å². The van der Waals surface area contributed by atoms with Gasteiger partial charge in [-0.25, -0.2) is 4.98 Å². The molecule has 0 amide bonds. The van der Waals surface area contributed by atoms with Crippen molar-refractivity contribution in [1.29, 1.82) is 0 Å². The van der Waals surface area contributed by atoms with Gasteiger partial charge in [0.25, 0.3) is 5.56 Å². The van der Waals surface area contributed by atoms with Gasteiger partial charge in [0.1, 0.15) is 5.82 Å². The lowest BCUT2D eigenvalue weighted by Crippen LogP contribution is -2.20. The summed E-state index contributed by atoms with van der Waals surface area (Å²) in [6, 6.07) is 0.142. The highest BCUT2D eigenvalue weighted by molar-refractivity contribution is 5.26. The van der Waals surface area contributed by atoms with Crippen LogP contribution in [0, 0.1) is 0 Å². The second-order valence-electron chi connectivity index (χ2n) is 4.90. The largest absolute Gasteiger partial charge is 0.310 e. The summed E-state index contributed by atoms with van der Waals surface area (Å²) >= 11 is 0. The molecule has 0 saturated heterocycles. The third-order valence-corrected chi connectivity index (χ3v) is 3.80. The highest BCUT2D eigenvalue weighted by atomic mass is 16.1. The van der Waals surface area contributed by atoms with Crippen molar-refractivity contribution < 1.29 is 0 Å². The van der Waals surface area contributed by atoms with E-state index in [4.69, 9.17) is 0 Å². The summed E-state index contributed by atoms with van der Waals surface area (Å²) in [6.07, 6.45) is 4.87. The number of nitrogens with zero attached hydrogens (tertiary/aromatic N) is 1. The summed E-state index contributed by atoms with van der Waals surface area (Å²) in [4.78, 5) is 19.6. The minimum atomic E-state index is 0.0596. The Morgan fingerprint density at radius 1 is 1.31 bits per heavy atom. The van der Waals surface area contributed by atoms with Crippen LogP contribution in [0.2, 0.25) is 0 Å². The molecule has 4 heteroatoms. The second-order valence-corrected chi connectivity index (χ2v) is 4.90. The van der Waals surface area contributed by atoms with E-state index in [2.05, 4.69) is 15.3 Å². The summed E-state index contributed by atoms with van der Waals surface area (Å²) in [5, 5.41) is 3.26. The molecule has 1 saturated carbocycles. The molecule has 16 heavy (non-hydrogen) atoms. The molecule has 2 aliphatic rings. The fraction of sp³-hybridized carbons (Fsp3) is 0.667. The average Bonchev–Trinajstić information content (AvgIpc) is 2.87. The van der Waals surface area contributed by atoms with Crippen LogP contribution in [0.3, 0.4) is 0 Å². The van der Waals surface area contributed by atoms with Gasteiger partial charge < -0.3 is 10.3 Å². The van der Waals surface area contributed by atoms with Gasteiger partial charge in [0.2, 0.25) is 0 Å². The minimum absolute atomic E-state index is 0.0596. The standard InChI is InChI=1S/C12H17N3O/c1-7-10-9(6-13-7)14-11(15-12(10)16)8-4-2-3-5-8/h7-8,13H,2-6H2,1H3,(H,14,15,16). The topological polar surface area (TPSA) is 57.8 Å². The summed E-state index contributed by atoms with van der Waals surface area (Å²) < 4.78 is 0. The second kappa shape index (κ2) is 3.70. The average molecular weight is 219 g/mol. The molecule has 1 fully saturated rings. The van der Waals surface area contributed by atoms with Crippen molar-refractivity contribution in [1.82, 2.24) is 15.3 Å². The van der Waals surface area contributed by atoms with Gasteiger partial charge in [-0.1, -0.05) is 12.8 Å². The molecule has 1 aromatic heterocycles. The maximum atomic E-state index is 12.0. The first-order chi connectivity index (χ1) is 7.75. The fourth-order valence-electron chi connectivity index (χ4n) is 2.87. The molecule has 4 nitrogen and oxygen atoms in total. The van der Waals surface area contributed by atoms with Crippen LogP contribution < -0.4 is 10.9 Å². The molecule has 0 radical (unpaired) electrons. The highest BCUT2D eigenvalue weighted by Crippen LogP contribution is 2.32. The van der Waals surface area contributed by atoms with Crippen LogP contribution in [0.15, 0.2) is 4.79 Å².